The molecule has 0 spiro atoms. The van der Waals surface area contributed by atoms with Gasteiger partial charge in [-0.2, -0.15) is 0 Å². The number of hydrogen-bond donors (Lipinski definition) is 0. The number of methoxy groups -OCH3 is 2. The van der Waals surface area contributed by atoms with Gasteiger partial charge in [0.05, 0.1) is 14.2 Å². The minimum absolute atomic E-state index is 0.970. The summed E-state index contributed by atoms with van der Waals surface area (Å²) in [6.07, 6.45) is 0. The second-order valence-electron chi connectivity index (χ2n) is 3.57. The molecule has 0 aromatic heterocycles. The SMILES string of the molecule is COc1c(C)c([SiH3])c(C)c(OC)c1C. The van der Waals surface area contributed by atoms with Crippen LogP contribution in [0, 0.1) is 20.8 Å². The van der Waals surface area contributed by atoms with E-state index in [4.69, 9.17) is 9.47 Å². The van der Waals surface area contributed by atoms with Gasteiger partial charge in [0.15, 0.2) is 0 Å². The Hall–Kier alpha value is -0.963. The highest BCUT2D eigenvalue weighted by atomic mass is 28.1. The molecule has 0 unspecified atom stereocenters. The molecular formula is C11H18O2Si. The first-order valence-electron chi connectivity index (χ1n) is 4.72. The Balaban J connectivity index is 3.56. The van der Waals surface area contributed by atoms with Gasteiger partial charge in [-0.15, -0.1) is 0 Å². The van der Waals surface area contributed by atoms with Gasteiger partial charge in [0.1, 0.15) is 11.5 Å². The van der Waals surface area contributed by atoms with Crippen LogP contribution in [0.2, 0.25) is 0 Å². The molecule has 0 saturated carbocycles. The van der Waals surface area contributed by atoms with Crippen LogP contribution >= 0.6 is 0 Å². The molecule has 0 saturated heterocycles. The van der Waals surface area contributed by atoms with E-state index in [1.165, 1.54) is 16.3 Å². The Morgan fingerprint density at radius 2 is 1.14 bits per heavy atom. The van der Waals surface area contributed by atoms with E-state index < -0.39 is 0 Å². The van der Waals surface area contributed by atoms with E-state index in [-0.39, 0.29) is 0 Å². The Labute approximate surface area is 88.7 Å². The van der Waals surface area contributed by atoms with Crippen LogP contribution < -0.4 is 14.7 Å². The quantitative estimate of drug-likeness (QED) is 0.666. The number of rotatable bonds is 2. The van der Waals surface area contributed by atoms with Crippen molar-refractivity contribution in [1.29, 1.82) is 0 Å². The van der Waals surface area contributed by atoms with Crippen LogP contribution in [0.3, 0.4) is 0 Å². The van der Waals surface area contributed by atoms with Crippen molar-refractivity contribution in [3.05, 3.63) is 16.7 Å². The van der Waals surface area contributed by atoms with Crippen LogP contribution in [0.25, 0.3) is 0 Å². The average Bonchev–Trinajstić information content (AvgIpc) is 2.16. The van der Waals surface area contributed by atoms with E-state index in [9.17, 15) is 0 Å². The summed E-state index contributed by atoms with van der Waals surface area (Å²) in [5.74, 6) is 1.94. The van der Waals surface area contributed by atoms with Crippen molar-refractivity contribution in [3.63, 3.8) is 0 Å². The van der Waals surface area contributed by atoms with Gasteiger partial charge >= 0.3 is 0 Å². The lowest BCUT2D eigenvalue weighted by molar-refractivity contribution is 0.385. The minimum atomic E-state index is 0.970. The standard InChI is InChI=1S/C11H18O2Si/c1-6-9(12-4)7(2)11(14)8(3)10(6)13-5/h1-5,14H3. The molecule has 1 aromatic rings. The first-order valence-corrected chi connectivity index (χ1v) is 5.72. The second-order valence-corrected chi connectivity index (χ2v) is 4.57. The third-order valence-electron chi connectivity index (χ3n) is 2.90. The molecule has 0 fully saturated rings. The molecule has 78 valence electrons. The third kappa shape index (κ3) is 1.52. The number of ether oxygens (including phenoxy) is 2. The fourth-order valence-electron chi connectivity index (χ4n) is 1.90. The zero-order chi connectivity index (χ0) is 10.9. The van der Waals surface area contributed by atoms with Crippen LogP contribution in [0.4, 0.5) is 0 Å². The lowest BCUT2D eigenvalue weighted by atomic mass is 10.0. The molecule has 2 nitrogen and oxygen atoms in total. The fraction of sp³-hybridized carbons (Fsp3) is 0.455. The van der Waals surface area contributed by atoms with Crippen molar-refractivity contribution in [2.75, 3.05) is 14.2 Å². The Kier molecular flexibility index (Phi) is 3.21. The summed E-state index contributed by atoms with van der Waals surface area (Å²) in [5, 5.41) is 1.38. The predicted molar refractivity (Wildman–Crippen MR) is 63.3 cm³/mol. The molecule has 3 heteroatoms. The van der Waals surface area contributed by atoms with E-state index in [1.54, 1.807) is 14.2 Å². The molecule has 1 rings (SSSR count). The molecule has 0 aliphatic heterocycles. The van der Waals surface area contributed by atoms with E-state index in [2.05, 4.69) is 13.8 Å². The predicted octanol–water partition coefficient (Wildman–Crippen LogP) is 0.620. The topological polar surface area (TPSA) is 18.5 Å². The Morgan fingerprint density at radius 1 is 0.786 bits per heavy atom. The zero-order valence-electron chi connectivity index (χ0n) is 9.82. The van der Waals surface area contributed by atoms with Crippen LogP contribution in [-0.4, -0.2) is 24.5 Å². The molecule has 0 aliphatic rings. The van der Waals surface area contributed by atoms with Gasteiger partial charge in [-0.3, -0.25) is 0 Å². The van der Waals surface area contributed by atoms with Crippen LogP contribution in [0.5, 0.6) is 11.5 Å². The maximum absolute atomic E-state index is 5.40. The summed E-state index contributed by atoms with van der Waals surface area (Å²) < 4.78 is 10.8. The van der Waals surface area contributed by atoms with E-state index in [0.717, 1.165) is 27.3 Å². The van der Waals surface area contributed by atoms with Gasteiger partial charge in [-0.25, -0.2) is 0 Å². The molecule has 0 heterocycles. The minimum Gasteiger partial charge on any atom is -0.496 e. The molecule has 14 heavy (non-hydrogen) atoms. The highest BCUT2D eigenvalue weighted by molar-refractivity contribution is 6.35. The van der Waals surface area contributed by atoms with Gasteiger partial charge in [-0.05, 0) is 31.9 Å². The van der Waals surface area contributed by atoms with Crippen molar-refractivity contribution in [2.24, 2.45) is 0 Å². The normalized spacial score (nSPS) is 10.4. The van der Waals surface area contributed by atoms with E-state index in [0.29, 0.717) is 0 Å². The van der Waals surface area contributed by atoms with E-state index in [1.807, 2.05) is 6.92 Å². The van der Waals surface area contributed by atoms with Crippen molar-refractivity contribution in [3.8, 4) is 11.5 Å². The molecule has 0 atom stereocenters. The monoisotopic (exact) mass is 210 g/mol. The molecule has 0 radical (unpaired) electrons. The van der Waals surface area contributed by atoms with Crippen LogP contribution in [0.1, 0.15) is 16.7 Å². The summed E-state index contributed by atoms with van der Waals surface area (Å²) in [7, 11) is 4.45. The Morgan fingerprint density at radius 3 is 1.43 bits per heavy atom. The van der Waals surface area contributed by atoms with Crippen molar-refractivity contribution in [1.82, 2.24) is 0 Å². The maximum Gasteiger partial charge on any atom is 0.128 e. The number of hydrogen-bond acceptors (Lipinski definition) is 2. The smallest absolute Gasteiger partial charge is 0.128 e. The molecule has 0 N–H and O–H groups in total. The lowest BCUT2D eigenvalue weighted by Gasteiger charge is -2.18. The van der Waals surface area contributed by atoms with Crippen molar-refractivity contribution < 1.29 is 9.47 Å². The molecule has 0 amide bonds. The van der Waals surface area contributed by atoms with Crippen molar-refractivity contribution >= 4 is 15.4 Å². The highest BCUT2D eigenvalue weighted by Crippen LogP contribution is 2.32. The summed E-state index contributed by atoms with van der Waals surface area (Å²) >= 11 is 0. The van der Waals surface area contributed by atoms with Gasteiger partial charge in [0.2, 0.25) is 0 Å². The average molecular weight is 210 g/mol. The Bertz CT molecular complexity index is 328. The van der Waals surface area contributed by atoms with Gasteiger partial charge in [0.25, 0.3) is 0 Å². The van der Waals surface area contributed by atoms with Gasteiger partial charge in [-0.1, -0.05) is 5.19 Å². The highest BCUT2D eigenvalue weighted by Gasteiger charge is 2.15. The molecule has 1 aromatic carbocycles. The van der Waals surface area contributed by atoms with Crippen LogP contribution in [-0.2, 0) is 0 Å². The third-order valence-corrected chi connectivity index (χ3v) is 4.40. The fourth-order valence-corrected chi connectivity index (χ4v) is 2.35. The largest absolute Gasteiger partial charge is 0.496 e. The van der Waals surface area contributed by atoms with Crippen molar-refractivity contribution in [2.45, 2.75) is 20.8 Å². The summed E-state index contributed by atoms with van der Waals surface area (Å²) in [6, 6.07) is 0. The summed E-state index contributed by atoms with van der Waals surface area (Å²) in [6.45, 7) is 6.26. The second kappa shape index (κ2) is 4.05. The number of benzene rings is 1. The summed E-state index contributed by atoms with van der Waals surface area (Å²) in [5.41, 5.74) is 3.62. The molecule has 0 aliphatic carbocycles. The van der Waals surface area contributed by atoms with Gasteiger partial charge < -0.3 is 9.47 Å². The summed E-state index contributed by atoms with van der Waals surface area (Å²) in [4.78, 5) is 0. The molecular weight excluding hydrogens is 192 g/mol. The maximum atomic E-state index is 5.40. The van der Waals surface area contributed by atoms with E-state index >= 15 is 0 Å². The zero-order valence-corrected chi connectivity index (χ0v) is 11.8. The lowest BCUT2D eigenvalue weighted by Crippen LogP contribution is -2.15. The first-order chi connectivity index (χ1) is 6.54. The molecule has 0 bridgehead atoms. The van der Waals surface area contributed by atoms with Gasteiger partial charge in [0, 0.05) is 15.8 Å². The first kappa shape index (κ1) is 11.1. The van der Waals surface area contributed by atoms with Crippen LogP contribution in [0.15, 0.2) is 0 Å².